The first-order valence-electron chi connectivity index (χ1n) is 9.46. The first-order chi connectivity index (χ1) is 13.0. The first kappa shape index (κ1) is 22.3. The highest BCUT2D eigenvalue weighted by Crippen LogP contribution is 2.33. The predicted molar refractivity (Wildman–Crippen MR) is 113 cm³/mol. The summed E-state index contributed by atoms with van der Waals surface area (Å²) < 4.78 is 10.6. The van der Waals surface area contributed by atoms with Crippen molar-refractivity contribution in [3.05, 3.63) is 53.1 Å². The Morgan fingerprint density at radius 2 is 1.82 bits per heavy atom. The molecular formula is C22H30ClNO4. The minimum Gasteiger partial charge on any atom is -0.508 e. The lowest BCUT2D eigenvalue weighted by molar-refractivity contribution is 0.134. The zero-order valence-electron chi connectivity index (χ0n) is 16.6. The van der Waals surface area contributed by atoms with Crippen LogP contribution in [0.4, 0.5) is 0 Å². The second kappa shape index (κ2) is 10.0. The van der Waals surface area contributed by atoms with Gasteiger partial charge in [-0.2, -0.15) is 0 Å². The fourth-order valence-corrected chi connectivity index (χ4v) is 3.81. The van der Waals surface area contributed by atoms with Crippen LogP contribution >= 0.6 is 12.4 Å². The number of rotatable bonds is 7. The van der Waals surface area contributed by atoms with Crippen molar-refractivity contribution in [2.24, 2.45) is 0 Å². The van der Waals surface area contributed by atoms with Crippen LogP contribution in [0.1, 0.15) is 42.1 Å². The monoisotopic (exact) mass is 407 g/mol. The van der Waals surface area contributed by atoms with Crippen LogP contribution in [-0.2, 0) is 6.42 Å². The van der Waals surface area contributed by atoms with Crippen molar-refractivity contribution in [1.82, 2.24) is 5.32 Å². The van der Waals surface area contributed by atoms with Crippen molar-refractivity contribution >= 4 is 12.4 Å². The number of nitrogens with one attached hydrogen (secondary N) is 1. The average molecular weight is 408 g/mol. The average Bonchev–Trinajstić information content (AvgIpc) is 3.16. The van der Waals surface area contributed by atoms with Crippen LogP contribution in [0.2, 0.25) is 0 Å². The number of aromatic hydroxyl groups is 1. The molecule has 154 valence electrons. The quantitative estimate of drug-likeness (QED) is 0.648. The van der Waals surface area contributed by atoms with Crippen LogP contribution < -0.4 is 14.8 Å². The number of benzene rings is 2. The summed E-state index contributed by atoms with van der Waals surface area (Å²) in [7, 11) is 3.20. The lowest BCUT2D eigenvalue weighted by Crippen LogP contribution is -2.34. The molecule has 2 aromatic rings. The third kappa shape index (κ3) is 5.10. The number of aliphatic hydroxyl groups is 1. The van der Waals surface area contributed by atoms with Crippen molar-refractivity contribution < 1.29 is 19.7 Å². The number of methoxy groups -OCH3 is 2. The van der Waals surface area contributed by atoms with Crippen LogP contribution in [0.3, 0.4) is 0 Å². The molecule has 3 unspecified atom stereocenters. The van der Waals surface area contributed by atoms with Gasteiger partial charge in [-0.1, -0.05) is 18.2 Å². The second-order valence-electron chi connectivity index (χ2n) is 7.27. The number of phenolic OH excluding ortho intramolecular Hbond substituents is 1. The van der Waals surface area contributed by atoms with E-state index in [1.54, 1.807) is 20.3 Å². The fourth-order valence-electron chi connectivity index (χ4n) is 3.81. The van der Waals surface area contributed by atoms with Crippen LogP contribution in [0.15, 0.2) is 36.4 Å². The first-order valence-corrected chi connectivity index (χ1v) is 9.46. The van der Waals surface area contributed by atoms with E-state index in [1.807, 2.05) is 37.3 Å². The lowest BCUT2D eigenvalue weighted by Gasteiger charge is -2.21. The van der Waals surface area contributed by atoms with E-state index in [0.29, 0.717) is 23.3 Å². The summed E-state index contributed by atoms with van der Waals surface area (Å²) in [4.78, 5) is 0. The van der Waals surface area contributed by atoms with E-state index in [2.05, 4.69) is 5.32 Å². The Morgan fingerprint density at radius 3 is 2.50 bits per heavy atom. The number of phenols is 1. The van der Waals surface area contributed by atoms with Gasteiger partial charge in [-0.15, -0.1) is 12.4 Å². The van der Waals surface area contributed by atoms with Crippen molar-refractivity contribution in [2.45, 2.75) is 50.8 Å². The molecule has 5 nitrogen and oxygen atoms in total. The van der Waals surface area contributed by atoms with Crippen molar-refractivity contribution in [2.75, 3.05) is 14.2 Å². The molecule has 3 atom stereocenters. The number of halogens is 1. The second-order valence-corrected chi connectivity index (χ2v) is 7.27. The minimum atomic E-state index is -0.578. The Morgan fingerprint density at radius 1 is 1.07 bits per heavy atom. The molecule has 1 heterocycles. The summed E-state index contributed by atoms with van der Waals surface area (Å²) in [5, 5.41) is 24.0. The summed E-state index contributed by atoms with van der Waals surface area (Å²) in [6, 6.07) is 11.8. The molecule has 1 aliphatic rings. The van der Waals surface area contributed by atoms with Gasteiger partial charge >= 0.3 is 0 Å². The van der Waals surface area contributed by atoms with Gasteiger partial charge in [0.25, 0.3) is 0 Å². The van der Waals surface area contributed by atoms with Crippen molar-refractivity contribution in [3.8, 4) is 17.2 Å². The van der Waals surface area contributed by atoms with Crippen LogP contribution in [0.25, 0.3) is 0 Å². The zero-order valence-corrected chi connectivity index (χ0v) is 17.5. The highest BCUT2D eigenvalue weighted by Gasteiger charge is 2.30. The van der Waals surface area contributed by atoms with E-state index < -0.39 is 6.10 Å². The molecule has 1 aliphatic heterocycles. The smallest absolute Gasteiger partial charge is 0.161 e. The van der Waals surface area contributed by atoms with E-state index in [4.69, 9.17) is 9.47 Å². The molecule has 2 aromatic carbocycles. The molecule has 3 N–H and O–H groups in total. The Bertz CT molecular complexity index is 783. The van der Waals surface area contributed by atoms with Gasteiger partial charge in [0.15, 0.2) is 11.5 Å². The summed E-state index contributed by atoms with van der Waals surface area (Å²) in [6.07, 6.45) is 3.38. The molecule has 0 aromatic heterocycles. The Hall–Kier alpha value is -1.95. The molecule has 0 amide bonds. The molecule has 1 fully saturated rings. The largest absolute Gasteiger partial charge is 0.508 e. The number of aliphatic hydroxyl groups excluding tert-OH is 1. The number of hydrogen-bond acceptors (Lipinski definition) is 5. The number of aryl methyl sites for hydroxylation is 2. The highest BCUT2D eigenvalue weighted by molar-refractivity contribution is 5.85. The molecule has 0 spiro atoms. The van der Waals surface area contributed by atoms with Gasteiger partial charge in [-0.3, -0.25) is 0 Å². The molecular weight excluding hydrogens is 378 g/mol. The molecule has 0 saturated carbocycles. The van der Waals surface area contributed by atoms with E-state index in [1.165, 1.54) is 5.56 Å². The maximum absolute atomic E-state index is 10.8. The van der Waals surface area contributed by atoms with Gasteiger partial charge in [-0.25, -0.2) is 0 Å². The Kier molecular flexibility index (Phi) is 7.98. The lowest BCUT2D eigenvalue weighted by atomic mass is 10.00. The summed E-state index contributed by atoms with van der Waals surface area (Å²) in [5.74, 6) is 1.64. The van der Waals surface area contributed by atoms with Crippen molar-refractivity contribution in [1.29, 1.82) is 0 Å². The highest BCUT2D eigenvalue weighted by atomic mass is 35.5. The molecule has 28 heavy (non-hydrogen) atoms. The molecule has 0 bridgehead atoms. The topological polar surface area (TPSA) is 71.0 Å². The fraction of sp³-hybridized carbons (Fsp3) is 0.455. The van der Waals surface area contributed by atoms with E-state index in [-0.39, 0.29) is 18.4 Å². The molecule has 6 heteroatoms. The van der Waals surface area contributed by atoms with Crippen LogP contribution in [-0.4, -0.2) is 36.5 Å². The van der Waals surface area contributed by atoms with Gasteiger partial charge in [0, 0.05) is 12.1 Å². The van der Waals surface area contributed by atoms with Crippen LogP contribution in [0.5, 0.6) is 17.2 Å². The Labute approximate surface area is 173 Å². The number of hydrogen-bond donors (Lipinski definition) is 3. The van der Waals surface area contributed by atoms with Gasteiger partial charge < -0.3 is 25.0 Å². The summed E-state index contributed by atoms with van der Waals surface area (Å²) >= 11 is 0. The standard InChI is InChI=1S/C22H29NO4.ClH/c1-14-12-15(5-10-19(14)24)4-7-17-8-9-18(23-17)22(25)16-6-11-20(26-2)21(13-16)27-3;/h5-6,10-13,17-18,22-25H,4,7-9H2,1-3H3;1H. The van der Waals surface area contributed by atoms with E-state index >= 15 is 0 Å². The van der Waals surface area contributed by atoms with Gasteiger partial charge in [-0.05, 0) is 67.5 Å². The van der Waals surface area contributed by atoms with E-state index in [9.17, 15) is 10.2 Å². The van der Waals surface area contributed by atoms with Crippen molar-refractivity contribution in [3.63, 3.8) is 0 Å². The third-order valence-electron chi connectivity index (χ3n) is 5.45. The third-order valence-corrected chi connectivity index (χ3v) is 5.45. The normalized spacial score (nSPS) is 19.7. The maximum atomic E-state index is 10.8. The molecule has 0 radical (unpaired) electrons. The molecule has 0 aliphatic carbocycles. The predicted octanol–water partition coefficient (Wildman–Crippen LogP) is 3.93. The van der Waals surface area contributed by atoms with Gasteiger partial charge in [0.1, 0.15) is 5.75 Å². The molecule has 1 saturated heterocycles. The SMILES string of the molecule is COc1ccc(C(O)C2CCC(CCc3ccc(O)c(C)c3)N2)cc1OC.Cl. The summed E-state index contributed by atoms with van der Waals surface area (Å²) in [6.45, 7) is 1.92. The van der Waals surface area contributed by atoms with Crippen LogP contribution in [0, 0.1) is 6.92 Å². The number of ether oxygens (including phenoxy) is 2. The van der Waals surface area contributed by atoms with Gasteiger partial charge in [0.2, 0.25) is 0 Å². The Balaban J connectivity index is 0.00000280. The molecule has 3 rings (SSSR count). The zero-order chi connectivity index (χ0) is 19.4. The van der Waals surface area contributed by atoms with Gasteiger partial charge in [0.05, 0.1) is 20.3 Å². The summed E-state index contributed by atoms with van der Waals surface area (Å²) in [5.41, 5.74) is 2.98. The van der Waals surface area contributed by atoms with E-state index in [0.717, 1.165) is 36.8 Å². The minimum absolute atomic E-state index is 0. The maximum Gasteiger partial charge on any atom is 0.161 e.